The van der Waals surface area contributed by atoms with Crippen LogP contribution in [0.5, 0.6) is 0 Å². The predicted molar refractivity (Wildman–Crippen MR) is 314 cm³/mol. The van der Waals surface area contributed by atoms with Crippen molar-refractivity contribution in [1.29, 1.82) is 0 Å². The predicted octanol–water partition coefficient (Wildman–Crippen LogP) is 17.1. The molecule has 2 heterocycles. The van der Waals surface area contributed by atoms with Crippen LogP contribution in [0.15, 0.2) is 245 Å². The molecule has 8 aromatic rings. The van der Waals surface area contributed by atoms with Gasteiger partial charge in [-0.2, -0.15) is 0 Å². The van der Waals surface area contributed by atoms with Crippen LogP contribution in [-0.4, -0.2) is 29.9 Å². The normalized spacial score (nSPS) is 15.1. The molecule has 2 aliphatic carbocycles. The Bertz CT molecular complexity index is 3800. The number of rotatable bonds is 15. The number of hydrogen-bond acceptors (Lipinski definition) is 6. The third-order valence-electron chi connectivity index (χ3n) is 13.9. The van der Waals surface area contributed by atoms with E-state index in [9.17, 15) is 0 Å². The average Bonchev–Trinajstić information content (AvgIpc) is 3.99. The maximum atomic E-state index is 5.00. The third-order valence-corrected chi connectivity index (χ3v) is 13.9. The Balaban J connectivity index is 1.07. The number of allylic oxidation sites excluding steroid dienone is 18. The molecule has 6 aromatic carbocycles. The zero-order valence-corrected chi connectivity index (χ0v) is 42.8. The summed E-state index contributed by atoms with van der Waals surface area (Å²) in [5, 5.41) is 0. The molecule has 2 aromatic heterocycles. The van der Waals surface area contributed by atoms with Gasteiger partial charge in [0.1, 0.15) is 0 Å². The zero-order valence-electron chi connectivity index (χ0n) is 42.8. The molecule has 0 bridgehead atoms. The summed E-state index contributed by atoms with van der Waals surface area (Å²) in [6, 6.07) is 48.9. The van der Waals surface area contributed by atoms with E-state index in [1.54, 1.807) is 24.3 Å². The van der Waals surface area contributed by atoms with E-state index in [4.69, 9.17) is 29.9 Å². The molecule has 6 nitrogen and oxygen atoms in total. The Kier molecular flexibility index (Phi) is 13.9. The summed E-state index contributed by atoms with van der Waals surface area (Å²) in [6.07, 6.45) is 26.6. The van der Waals surface area contributed by atoms with Crippen molar-refractivity contribution in [2.45, 2.75) is 33.1 Å². The fourth-order valence-corrected chi connectivity index (χ4v) is 10.5. The first-order valence-electron chi connectivity index (χ1n) is 25.2. The highest BCUT2D eigenvalue weighted by atomic mass is 15.0. The van der Waals surface area contributed by atoms with Gasteiger partial charge in [-0.3, -0.25) is 0 Å². The van der Waals surface area contributed by atoms with Crippen molar-refractivity contribution in [2.75, 3.05) is 0 Å². The van der Waals surface area contributed by atoms with Gasteiger partial charge in [-0.15, -0.1) is 0 Å². The van der Waals surface area contributed by atoms with Crippen LogP contribution in [0.25, 0.3) is 89.6 Å². The summed E-state index contributed by atoms with van der Waals surface area (Å²) in [6.45, 7) is 23.7. The van der Waals surface area contributed by atoms with Crippen LogP contribution >= 0.6 is 0 Å². The average molecular weight is 969 g/mol. The Morgan fingerprint density at radius 2 is 0.760 bits per heavy atom. The van der Waals surface area contributed by atoms with Gasteiger partial charge in [0.15, 0.2) is 34.9 Å². The first kappa shape index (κ1) is 49.1. The van der Waals surface area contributed by atoms with Crippen molar-refractivity contribution >= 4 is 22.3 Å². The zero-order chi connectivity index (χ0) is 52.1. The van der Waals surface area contributed by atoms with Crippen LogP contribution in [-0.2, 0) is 5.41 Å². The number of fused-ring (bicyclic) bond motifs is 10. The lowest BCUT2D eigenvalue weighted by atomic mass is 9.70. The van der Waals surface area contributed by atoms with Crippen molar-refractivity contribution in [1.82, 2.24) is 29.9 Å². The minimum Gasteiger partial charge on any atom is -0.208 e. The topological polar surface area (TPSA) is 77.3 Å². The van der Waals surface area contributed by atoms with Crippen LogP contribution in [0.1, 0.15) is 73.2 Å². The summed E-state index contributed by atoms with van der Waals surface area (Å²) >= 11 is 0. The standard InChI is InChI=1S/C69H56N6/c1-9-17-26-47(16-8)65-73-66(50(24-12-4)25-13-5)75-68(74-65)52-37-33-49(34-38-52)54-40-42-58-56-28-19-21-30-60(56)69(62(58)44-54)59-29-20-18-27-55(59)57-41-39-53(43-61(57)69)48-31-35-51(36-32-48)67-71-63(45(14-6)22-10-2)70-64(72-67)46(15-7)23-11-3/h9-44H,1-2,4,6H2,3,5,7-8H3/b23-11-,25-13-,26-17-,45-22+,46-15+,47-16+,50-24+. The lowest BCUT2D eigenvalue weighted by molar-refractivity contribution is 0.794. The van der Waals surface area contributed by atoms with Crippen molar-refractivity contribution in [3.05, 3.63) is 290 Å². The van der Waals surface area contributed by atoms with Gasteiger partial charge in [0, 0.05) is 33.4 Å². The Morgan fingerprint density at radius 3 is 1.20 bits per heavy atom. The van der Waals surface area contributed by atoms with Crippen molar-refractivity contribution in [3.63, 3.8) is 0 Å². The van der Waals surface area contributed by atoms with E-state index in [2.05, 4.69) is 160 Å². The largest absolute Gasteiger partial charge is 0.208 e. The third kappa shape index (κ3) is 8.87. The lowest BCUT2D eigenvalue weighted by Crippen LogP contribution is -2.26. The molecule has 0 saturated heterocycles. The van der Waals surface area contributed by atoms with Crippen LogP contribution in [0.2, 0.25) is 0 Å². The quantitative estimate of drug-likeness (QED) is 0.0953. The van der Waals surface area contributed by atoms with Gasteiger partial charge < -0.3 is 0 Å². The van der Waals surface area contributed by atoms with E-state index in [0.717, 1.165) is 55.7 Å². The molecule has 0 aliphatic heterocycles. The van der Waals surface area contributed by atoms with Crippen LogP contribution in [0.3, 0.4) is 0 Å². The molecular formula is C69H56N6. The number of nitrogens with zero attached hydrogens (tertiary/aromatic N) is 6. The first-order chi connectivity index (χ1) is 36.8. The molecule has 0 fully saturated rings. The smallest absolute Gasteiger partial charge is 0.164 e. The second-order valence-electron chi connectivity index (χ2n) is 18.1. The minimum absolute atomic E-state index is 0.536. The minimum atomic E-state index is -0.563. The molecule has 1 spiro atoms. The van der Waals surface area contributed by atoms with Gasteiger partial charge >= 0.3 is 0 Å². The van der Waals surface area contributed by atoms with Crippen LogP contribution in [0.4, 0.5) is 0 Å². The molecule has 0 saturated carbocycles. The summed E-state index contributed by atoms with van der Waals surface area (Å²) in [5.74, 6) is 3.43. The van der Waals surface area contributed by atoms with Gasteiger partial charge in [0.2, 0.25) is 0 Å². The Labute approximate surface area is 440 Å². The summed E-state index contributed by atoms with van der Waals surface area (Å²) < 4.78 is 0. The number of hydrogen-bond donors (Lipinski definition) is 0. The van der Waals surface area contributed by atoms with Gasteiger partial charge in [-0.25, -0.2) is 29.9 Å². The highest BCUT2D eigenvalue weighted by Gasteiger charge is 2.51. The van der Waals surface area contributed by atoms with E-state index in [0.29, 0.717) is 34.9 Å². The SMILES string of the molecule is C=C/C=C\C(=C/C)c1nc(C(/C=C\C)=C/C=C)nc(-c2ccc(-c3ccc4c(c3)C3(c5ccccc5-c5ccc(-c6ccc(-c7nc(/C(C=C)=C/C=C)nc(C(/C=C\C)=C/C)n7)cc6)cc53)c3ccccc3-4)cc2)n1. The van der Waals surface area contributed by atoms with E-state index in [1.807, 2.05) is 88.5 Å². The lowest BCUT2D eigenvalue weighted by Gasteiger charge is -2.31. The monoisotopic (exact) mass is 968 g/mol. The van der Waals surface area contributed by atoms with Gasteiger partial charge in [-0.1, -0.05) is 233 Å². The first-order valence-corrected chi connectivity index (χ1v) is 25.2. The fourth-order valence-electron chi connectivity index (χ4n) is 10.5. The second kappa shape index (κ2) is 21.3. The molecule has 0 amide bonds. The van der Waals surface area contributed by atoms with E-state index in [1.165, 1.54) is 44.5 Å². The summed E-state index contributed by atoms with van der Waals surface area (Å²) in [7, 11) is 0. The van der Waals surface area contributed by atoms with Crippen LogP contribution in [0, 0.1) is 0 Å². The summed E-state index contributed by atoms with van der Waals surface area (Å²) in [4.78, 5) is 29.7. The van der Waals surface area contributed by atoms with Crippen LogP contribution < -0.4 is 0 Å². The molecule has 10 rings (SSSR count). The van der Waals surface area contributed by atoms with E-state index < -0.39 is 5.41 Å². The number of aromatic nitrogens is 6. The molecule has 75 heavy (non-hydrogen) atoms. The molecule has 362 valence electrons. The van der Waals surface area contributed by atoms with Crippen molar-refractivity contribution < 1.29 is 0 Å². The molecular weight excluding hydrogens is 913 g/mol. The molecule has 1 atom stereocenters. The Morgan fingerprint density at radius 1 is 0.373 bits per heavy atom. The van der Waals surface area contributed by atoms with Gasteiger partial charge in [-0.05, 0) is 107 Å². The Hall–Kier alpha value is -9.52. The maximum Gasteiger partial charge on any atom is 0.164 e. The van der Waals surface area contributed by atoms with Gasteiger partial charge in [0.05, 0.1) is 5.41 Å². The molecule has 0 radical (unpaired) electrons. The van der Waals surface area contributed by atoms with E-state index in [-0.39, 0.29) is 0 Å². The van der Waals surface area contributed by atoms with E-state index >= 15 is 0 Å². The maximum absolute atomic E-state index is 5.00. The molecule has 0 N–H and O–H groups in total. The molecule has 2 aliphatic rings. The number of benzene rings is 6. The van der Waals surface area contributed by atoms with Gasteiger partial charge in [0.25, 0.3) is 0 Å². The highest BCUT2D eigenvalue weighted by Crippen LogP contribution is 2.63. The second-order valence-corrected chi connectivity index (χ2v) is 18.1. The van der Waals surface area contributed by atoms with Crippen molar-refractivity contribution in [2.24, 2.45) is 0 Å². The molecule has 6 heteroatoms. The summed E-state index contributed by atoms with van der Waals surface area (Å²) in [5.41, 5.74) is 19.0. The highest BCUT2D eigenvalue weighted by molar-refractivity contribution is 5.97. The van der Waals surface area contributed by atoms with Crippen molar-refractivity contribution in [3.8, 4) is 67.3 Å². The molecule has 1 unspecified atom stereocenters. The fraction of sp³-hybridized carbons (Fsp3) is 0.0725.